The van der Waals surface area contributed by atoms with Crippen LogP contribution in [0.25, 0.3) is 10.9 Å². The molecule has 4 rings (SSSR count). The summed E-state index contributed by atoms with van der Waals surface area (Å²) in [7, 11) is 0. The Bertz CT molecular complexity index is 1170. The summed E-state index contributed by atoms with van der Waals surface area (Å²) in [6, 6.07) is 11.6. The number of H-pyrrole nitrogens is 1. The summed E-state index contributed by atoms with van der Waals surface area (Å²) < 4.78 is 44.7. The van der Waals surface area contributed by atoms with Crippen LogP contribution < -0.4 is 5.56 Å². The van der Waals surface area contributed by atoms with Gasteiger partial charge in [0.05, 0.1) is 35.5 Å². The molecule has 1 aliphatic rings. The van der Waals surface area contributed by atoms with Crippen molar-refractivity contribution in [2.75, 3.05) is 13.2 Å². The molecule has 6 nitrogen and oxygen atoms in total. The standard InChI is InChI=1S/C23H22F3N3O3/c24-23(25,26)16-6-3-5-15(11-16)12-21(30)29(13-17-7-4-10-32-17)14-20-27-19-9-2-1-8-18(19)22(31)28-20/h1-3,5-6,8-9,11,17H,4,7,10,12-14H2,(H,27,28,31)/t17-/m0/s1. The number of para-hydroxylation sites is 1. The van der Waals surface area contributed by atoms with Crippen molar-refractivity contribution in [1.82, 2.24) is 14.9 Å². The summed E-state index contributed by atoms with van der Waals surface area (Å²) in [6.45, 7) is 0.900. The first kappa shape index (κ1) is 22.0. The van der Waals surface area contributed by atoms with Crippen LogP contribution in [0.5, 0.6) is 0 Å². The molecule has 1 aliphatic heterocycles. The number of halogens is 3. The Morgan fingerprint density at radius 2 is 2.00 bits per heavy atom. The van der Waals surface area contributed by atoms with E-state index in [1.54, 1.807) is 24.3 Å². The third kappa shape index (κ3) is 5.16. The number of aromatic nitrogens is 2. The monoisotopic (exact) mass is 445 g/mol. The molecule has 1 amide bonds. The molecular weight excluding hydrogens is 423 g/mol. The van der Waals surface area contributed by atoms with Crippen molar-refractivity contribution in [1.29, 1.82) is 0 Å². The van der Waals surface area contributed by atoms with Crippen molar-refractivity contribution in [2.24, 2.45) is 0 Å². The molecule has 2 heterocycles. The summed E-state index contributed by atoms with van der Waals surface area (Å²) in [6.07, 6.45) is -3.17. The molecule has 3 aromatic rings. The Labute approximate surface area is 182 Å². The van der Waals surface area contributed by atoms with Crippen molar-refractivity contribution in [3.63, 3.8) is 0 Å². The zero-order valence-electron chi connectivity index (χ0n) is 17.2. The van der Waals surface area contributed by atoms with Gasteiger partial charge in [-0.2, -0.15) is 13.2 Å². The molecule has 1 aromatic heterocycles. The Kier molecular flexibility index (Phi) is 6.27. The van der Waals surface area contributed by atoms with Gasteiger partial charge in [0.15, 0.2) is 0 Å². The van der Waals surface area contributed by atoms with E-state index in [0.717, 1.165) is 25.0 Å². The number of nitrogens with zero attached hydrogens (tertiary/aromatic N) is 2. The number of amides is 1. The lowest BCUT2D eigenvalue weighted by Gasteiger charge is -2.25. The number of rotatable bonds is 6. The Hall–Kier alpha value is -3.20. The van der Waals surface area contributed by atoms with E-state index < -0.39 is 11.7 Å². The average Bonchev–Trinajstić information content (AvgIpc) is 3.26. The van der Waals surface area contributed by atoms with E-state index in [1.807, 2.05) is 0 Å². The zero-order chi connectivity index (χ0) is 22.7. The number of benzene rings is 2. The largest absolute Gasteiger partial charge is 0.416 e. The fourth-order valence-electron chi connectivity index (χ4n) is 3.82. The molecule has 0 bridgehead atoms. The van der Waals surface area contributed by atoms with Gasteiger partial charge >= 0.3 is 6.18 Å². The summed E-state index contributed by atoms with van der Waals surface area (Å²) in [5, 5.41) is 0.442. The van der Waals surface area contributed by atoms with Gasteiger partial charge in [-0.15, -0.1) is 0 Å². The van der Waals surface area contributed by atoms with Crippen LogP contribution in [0.3, 0.4) is 0 Å². The molecule has 1 fully saturated rings. The predicted octanol–water partition coefficient (Wildman–Crippen LogP) is 3.69. The van der Waals surface area contributed by atoms with Crippen molar-refractivity contribution in [3.05, 3.63) is 75.8 Å². The van der Waals surface area contributed by atoms with Crippen LogP contribution in [0.2, 0.25) is 0 Å². The molecular formula is C23H22F3N3O3. The number of alkyl halides is 3. The molecule has 168 valence electrons. The quantitative estimate of drug-likeness (QED) is 0.628. The highest BCUT2D eigenvalue weighted by molar-refractivity contribution is 5.79. The van der Waals surface area contributed by atoms with Gasteiger partial charge < -0.3 is 14.6 Å². The third-order valence-electron chi connectivity index (χ3n) is 5.41. The highest BCUT2D eigenvalue weighted by atomic mass is 19.4. The number of ether oxygens (including phenoxy) is 1. The number of aromatic amines is 1. The van der Waals surface area contributed by atoms with E-state index in [4.69, 9.17) is 4.74 Å². The van der Waals surface area contributed by atoms with E-state index in [0.29, 0.717) is 23.3 Å². The summed E-state index contributed by atoms with van der Waals surface area (Å²) >= 11 is 0. The maximum atomic E-state index is 13.1. The Balaban J connectivity index is 1.58. The number of nitrogens with one attached hydrogen (secondary N) is 1. The van der Waals surface area contributed by atoms with E-state index in [9.17, 15) is 22.8 Å². The first-order valence-corrected chi connectivity index (χ1v) is 10.3. The second kappa shape index (κ2) is 9.12. The molecule has 1 N–H and O–H groups in total. The number of hydrogen-bond acceptors (Lipinski definition) is 4. The molecule has 0 spiro atoms. The summed E-state index contributed by atoms with van der Waals surface area (Å²) in [4.78, 5) is 34.1. The minimum Gasteiger partial charge on any atom is -0.376 e. The smallest absolute Gasteiger partial charge is 0.376 e. The minimum atomic E-state index is -4.48. The van der Waals surface area contributed by atoms with Gasteiger partial charge in [-0.05, 0) is 36.6 Å². The molecule has 0 unspecified atom stereocenters. The van der Waals surface area contributed by atoms with Gasteiger partial charge in [-0.3, -0.25) is 9.59 Å². The topological polar surface area (TPSA) is 75.3 Å². The lowest BCUT2D eigenvalue weighted by molar-refractivity contribution is -0.138. The number of carbonyl (C=O) groups is 1. The Morgan fingerprint density at radius 3 is 2.75 bits per heavy atom. The molecule has 0 aliphatic carbocycles. The van der Waals surface area contributed by atoms with Gasteiger partial charge in [0, 0.05) is 13.2 Å². The second-order valence-corrected chi connectivity index (χ2v) is 7.81. The first-order valence-electron chi connectivity index (χ1n) is 10.3. The normalized spacial score (nSPS) is 16.4. The molecule has 32 heavy (non-hydrogen) atoms. The van der Waals surface area contributed by atoms with Crippen LogP contribution in [0.15, 0.2) is 53.3 Å². The maximum Gasteiger partial charge on any atom is 0.416 e. The predicted molar refractivity (Wildman–Crippen MR) is 112 cm³/mol. The number of hydrogen-bond donors (Lipinski definition) is 1. The summed E-state index contributed by atoms with van der Waals surface area (Å²) in [5.41, 5.74) is -0.335. The van der Waals surface area contributed by atoms with Crippen molar-refractivity contribution >= 4 is 16.8 Å². The van der Waals surface area contributed by atoms with E-state index in [1.165, 1.54) is 17.0 Å². The average molecular weight is 445 g/mol. The van der Waals surface area contributed by atoms with Crippen LogP contribution in [-0.2, 0) is 28.7 Å². The van der Waals surface area contributed by atoms with Gasteiger partial charge in [0.2, 0.25) is 5.91 Å². The van der Waals surface area contributed by atoms with E-state index >= 15 is 0 Å². The lowest BCUT2D eigenvalue weighted by atomic mass is 10.1. The van der Waals surface area contributed by atoms with Gasteiger partial charge in [-0.25, -0.2) is 4.98 Å². The van der Waals surface area contributed by atoms with Crippen LogP contribution in [0.1, 0.15) is 29.8 Å². The third-order valence-corrected chi connectivity index (χ3v) is 5.41. The molecule has 0 saturated carbocycles. The fraction of sp³-hybridized carbons (Fsp3) is 0.348. The van der Waals surface area contributed by atoms with E-state index in [-0.39, 0.29) is 42.6 Å². The number of carbonyl (C=O) groups excluding carboxylic acids is 1. The van der Waals surface area contributed by atoms with Crippen molar-refractivity contribution in [2.45, 2.75) is 38.1 Å². The van der Waals surface area contributed by atoms with Crippen LogP contribution in [-0.4, -0.2) is 40.0 Å². The second-order valence-electron chi connectivity index (χ2n) is 7.81. The highest BCUT2D eigenvalue weighted by Crippen LogP contribution is 2.29. The molecule has 0 radical (unpaired) electrons. The minimum absolute atomic E-state index is 0.0255. The maximum absolute atomic E-state index is 13.1. The molecule has 2 aromatic carbocycles. The van der Waals surface area contributed by atoms with Crippen LogP contribution in [0, 0.1) is 0 Å². The first-order chi connectivity index (χ1) is 15.3. The van der Waals surface area contributed by atoms with Crippen molar-refractivity contribution in [3.8, 4) is 0 Å². The van der Waals surface area contributed by atoms with Gasteiger partial charge in [-0.1, -0.05) is 30.3 Å². The fourth-order valence-corrected chi connectivity index (χ4v) is 3.82. The molecule has 1 saturated heterocycles. The number of fused-ring (bicyclic) bond motifs is 1. The molecule has 9 heteroatoms. The SMILES string of the molecule is O=C(Cc1cccc(C(F)(F)F)c1)N(Cc1nc2ccccc2c(=O)[nH]1)C[C@@H]1CCCO1. The lowest BCUT2D eigenvalue weighted by Crippen LogP contribution is -2.38. The Morgan fingerprint density at radius 1 is 1.19 bits per heavy atom. The van der Waals surface area contributed by atoms with E-state index in [2.05, 4.69) is 9.97 Å². The molecule has 1 atom stereocenters. The van der Waals surface area contributed by atoms with Gasteiger partial charge in [0.25, 0.3) is 5.56 Å². The van der Waals surface area contributed by atoms with Crippen LogP contribution in [0.4, 0.5) is 13.2 Å². The highest BCUT2D eigenvalue weighted by Gasteiger charge is 2.31. The van der Waals surface area contributed by atoms with Gasteiger partial charge in [0.1, 0.15) is 5.82 Å². The summed E-state index contributed by atoms with van der Waals surface area (Å²) in [5.74, 6) is -0.0558. The zero-order valence-corrected chi connectivity index (χ0v) is 17.2. The van der Waals surface area contributed by atoms with Crippen LogP contribution >= 0.6 is 0 Å². The van der Waals surface area contributed by atoms with Crippen molar-refractivity contribution < 1.29 is 22.7 Å².